The fraction of sp³-hybridized carbons (Fsp3) is 0.263. The summed E-state index contributed by atoms with van der Waals surface area (Å²) in [6.07, 6.45) is 5.58. The molecule has 5 aromatic rings. The highest BCUT2D eigenvalue weighted by molar-refractivity contribution is 7.92. The average molecular weight is 642 g/mol. The fourth-order valence-electron chi connectivity index (χ4n) is 7.01. The first kappa shape index (κ1) is 31.1. The third-order valence-corrected chi connectivity index (χ3v) is 12.0. The molecule has 4 nitrogen and oxygen atoms in total. The van der Waals surface area contributed by atoms with E-state index in [0.717, 1.165) is 44.5 Å². The Morgan fingerprint density at radius 2 is 1.56 bits per heavy atom. The minimum absolute atomic E-state index is 0.0123. The Kier molecular flexibility index (Phi) is 8.89. The van der Waals surface area contributed by atoms with Gasteiger partial charge in [-0.1, -0.05) is 66.2 Å². The minimum atomic E-state index is -3.44. The van der Waals surface area contributed by atoms with Gasteiger partial charge in [0.15, 0.2) is 9.84 Å². The third kappa shape index (κ3) is 6.06. The van der Waals surface area contributed by atoms with Crippen LogP contribution in [0.25, 0.3) is 11.1 Å². The number of benzene rings is 4. The zero-order chi connectivity index (χ0) is 31.7. The minimum Gasteiger partial charge on any atom is -0.496 e. The van der Waals surface area contributed by atoms with Crippen molar-refractivity contribution in [1.29, 1.82) is 0 Å². The molecule has 4 aromatic carbocycles. The van der Waals surface area contributed by atoms with Crippen molar-refractivity contribution in [3.63, 3.8) is 0 Å². The van der Waals surface area contributed by atoms with Crippen molar-refractivity contribution in [2.45, 2.75) is 55.4 Å². The highest BCUT2D eigenvalue weighted by Gasteiger charge is 2.41. The van der Waals surface area contributed by atoms with Crippen molar-refractivity contribution < 1.29 is 17.5 Å². The maximum absolute atomic E-state index is 14.2. The van der Waals surface area contributed by atoms with Crippen LogP contribution in [0, 0.1) is 5.82 Å². The normalized spacial score (nSPS) is 18.7. The van der Waals surface area contributed by atoms with E-state index in [1.54, 1.807) is 21.0 Å². The lowest BCUT2D eigenvalue weighted by atomic mass is 9.67. The van der Waals surface area contributed by atoms with Crippen LogP contribution in [0.3, 0.4) is 0 Å². The van der Waals surface area contributed by atoms with Gasteiger partial charge in [-0.15, -0.1) is 0 Å². The Balaban J connectivity index is 0.000000652. The molecule has 1 aromatic heterocycles. The van der Waals surface area contributed by atoms with Crippen molar-refractivity contribution in [3.05, 3.63) is 148 Å². The van der Waals surface area contributed by atoms with Crippen LogP contribution in [-0.4, -0.2) is 25.8 Å². The number of hydrogen-bond donors (Lipinski definition) is 1. The van der Waals surface area contributed by atoms with Gasteiger partial charge in [-0.3, -0.25) is 0 Å². The molecule has 0 saturated carbocycles. The summed E-state index contributed by atoms with van der Waals surface area (Å²) >= 11 is 6.26. The third-order valence-electron chi connectivity index (χ3n) is 9.28. The second-order valence-electron chi connectivity index (χ2n) is 12.1. The molecule has 0 saturated heterocycles. The monoisotopic (exact) mass is 641 g/mol. The summed E-state index contributed by atoms with van der Waals surface area (Å²) in [5.74, 6) is 0.224. The second-order valence-corrected chi connectivity index (χ2v) is 15.2. The smallest absolute Gasteiger partial charge is 0.159 e. The van der Waals surface area contributed by atoms with Crippen LogP contribution in [0.4, 0.5) is 4.39 Å². The lowest BCUT2D eigenvalue weighted by Gasteiger charge is -2.39. The van der Waals surface area contributed by atoms with Crippen molar-refractivity contribution in [3.8, 4) is 16.9 Å². The van der Waals surface area contributed by atoms with Gasteiger partial charge in [0.1, 0.15) is 11.6 Å². The van der Waals surface area contributed by atoms with E-state index in [2.05, 4.69) is 23.2 Å². The molecule has 45 heavy (non-hydrogen) atoms. The molecule has 0 amide bonds. The van der Waals surface area contributed by atoms with Crippen LogP contribution in [0.15, 0.2) is 103 Å². The highest BCUT2D eigenvalue weighted by atomic mass is 35.5. The van der Waals surface area contributed by atoms with E-state index in [4.69, 9.17) is 16.3 Å². The molecule has 1 heterocycles. The van der Waals surface area contributed by atoms with Crippen LogP contribution in [-0.2, 0) is 29.1 Å². The lowest BCUT2D eigenvalue weighted by Crippen LogP contribution is -2.30. The van der Waals surface area contributed by atoms with Gasteiger partial charge >= 0.3 is 0 Å². The first-order valence-electron chi connectivity index (χ1n) is 15.3. The van der Waals surface area contributed by atoms with E-state index in [-0.39, 0.29) is 17.7 Å². The van der Waals surface area contributed by atoms with Gasteiger partial charge in [0.25, 0.3) is 0 Å². The summed E-state index contributed by atoms with van der Waals surface area (Å²) in [5.41, 5.74) is 8.48. The van der Waals surface area contributed by atoms with Gasteiger partial charge in [0.2, 0.25) is 0 Å². The maximum atomic E-state index is 14.2. The van der Waals surface area contributed by atoms with Gasteiger partial charge in [0, 0.05) is 23.5 Å². The van der Waals surface area contributed by atoms with Gasteiger partial charge in [-0.25, -0.2) is 12.8 Å². The van der Waals surface area contributed by atoms with Crippen molar-refractivity contribution in [1.82, 2.24) is 4.98 Å². The van der Waals surface area contributed by atoms with Crippen LogP contribution in [0.1, 0.15) is 64.3 Å². The van der Waals surface area contributed by atoms with Crippen molar-refractivity contribution >= 4 is 21.4 Å². The zero-order valence-corrected chi connectivity index (χ0v) is 27.2. The van der Waals surface area contributed by atoms with Crippen molar-refractivity contribution in [2.75, 3.05) is 7.11 Å². The van der Waals surface area contributed by atoms with Gasteiger partial charge in [0.05, 0.1) is 17.6 Å². The number of H-pyrrole nitrogens is 1. The number of ether oxygens (including phenoxy) is 1. The molecule has 232 valence electrons. The van der Waals surface area contributed by atoms with E-state index >= 15 is 0 Å². The zero-order valence-electron chi connectivity index (χ0n) is 25.6. The first-order chi connectivity index (χ1) is 21.7. The predicted octanol–water partition coefficient (Wildman–Crippen LogP) is 9.26. The second kappa shape index (κ2) is 12.9. The topological polar surface area (TPSA) is 59.2 Å². The summed E-state index contributed by atoms with van der Waals surface area (Å²) < 4.78 is 47.6. The van der Waals surface area contributed by atoms with Gasteiger partial charge in [-0.2, -0.15) is 0 Å². The summed E-state index contributed by atoms with van der Waals surface area (Å²) in [7, 11) is -1.87. The molecule has 2 aliphatic carbocycles. The Hall–Kier alpha value is -3.87. The molecule has 1 N–H and O–H groups in total. The standard InChI is InChI=1S/C34H32ClFO3S.C4H5N/c1-20(2)40(37,38)33-17-22-6-4-5-7-26(22)28-14-10-23-16-31(27-15-13-25(36)18-32(27)39-3)29(19-30(23)34(28)33)21-8-11-24(35)12-9-21;1-2-4-5-3-1/h4-15,18,20,29,31,33H,16-17,19H2,1-3H3;1-5H. The number of aromatic nitrogens is 1. The summed E-state index contributed by atoms with van der Waals surface area (Å²) in [5, 5.41) is -0.429. The molecule has 0 bridgehead atoms. The largest absolute Gasteiger partial charge is 0.496 e. The number of fused-ring (bicyclic) bond motifs is 5. The number of nitrogens with one attached hydrogen (secondary N) is 1. The Labute approximate surface area is 270 Å². The number of sulfone groups is 1. The molecular weight excluding hydrogens is 605 g/mol. The molecule has 3 unspecified atom stereocenters. The molecule has 7 heteroatoms. The first-order valence-corrected chi connectivity index (χ1v) is 17.3. The SMILES string of the molecule is COc1cc(F)ccc1C1Cc2ccc3c(c2CC1c1ccc(Cl)cc1)C(S(=O)(=O)C(C)C)Cc1ccccc1-3.c1cc[nH]c1. The number of rotatable bonds is 5. The van der Waals surface area contributed by atoms with E-state index in [1.807, 2.05) is 73.1 Å². The van der Waals surface area contributed by atoms with Gasteiger partial charge in [-0.05, 0) is 120 Å². The maximum Gasteiger partial charge on any atom is 0.159 e. The Morgan fingerprint density at radius 3 is 2.22 bits per heavy atom. The van der Waals surface area contributed by atoms with E-state index in [1.165, 1.54) is 12.1 Å². The molecule has 0 fully saturated rings. The summed E-state index contributed by atoms with van der Waals surface area (Å²) in [6, 6.07) is 29.0. The number of methoxy groups -OCH3 is 1. The van der Waals surface area contributed by atoms with Crippen molar-refractivity contribution in [2.24, 2.45) is 0 Å². The lowest BCUT2D eigenvalue weighted by molar-refractivity contribution is 0.392. The van der Waals surface area contributed by atoms with Crippen LogP contribution in [0.2, 0.25) is 5.02 Å². The molecule has 3 atom stereocenters. The molecule has 0 spiro atoms. The molecule has 0 aliphatic heterocycles. The quantitative estimate of drug-likeness (QED) is 0.208. The summed E-state index contributed by atoms with van der Waals surface area (Å²) in [4.78, 5) is 2.86. The van der Waals surface area contributed by atoms with Crippen LogP contribution >= 0.6 is 11.6 Å². The number of halogens is 2. The Bertz CT molecular complexity index is 1890. The van der Waals surface area contributed by atoms with E-state index in [0.29, 0.717) is 30.0 Å². The van der Waals surface area contributed by atoms with E-state index in [9.17, 15) is 12.8 Å². The average Bonchev–Trinajstić information content (AvgIpc) is 3.64. The number of aromatic amines is 1. The molecular formula is C38H37ClFNO3S. The highest BCUT2D eigenvalue weighted by Crippen LogP contribution is 2.52. The summed E-state index contributed by atoms with van der Waals surface area (Å²) in [6.45, 7) is 3.55. The molecule has 0 radical (unpaired) electrons. The van der Waals surface area contributed by atoms with Crippen LogP contribution in [0.5, 0.6) is 5.75 Å². The predicted molar refractivity (Wildman–Crippen MR) is 180 cm³/mol. The number of hydrogen-bond acceptors (Lipinski definition) is 3. The van der Waals surface area contributed by atoms with E-state index < -0.39 is 20.3 Å². The Morgan fingerprint density at radius 1 is 0.822 bits per heavy atom. The van der Waals surface area contributed by atoms with Gasteiger partial charge < -0.3 is 9.72 Å². The molecule has 2 aliphatic rings. The fourth-order valence-corrected chi connectivity index (χ4v) is 8.81. The van der Waals surface area contributed by atoms with Crippen LogP contribution < -0.4 is 4.74 Å². The molecule has 7 rings (SSSR count).